The highest BCUT2D eigenvalue weighted by Crippen LogP contribution is 2.20. The van der Waals surface area contributed by atoms with E-state index in [2.05, 4.69) is 10.5 Å². The topological polar surface area (TPSA) is 87.1 Å². The van der Waals surface area contributed by atoms with Gasteiger partial charge in [-0.25, -0.2) is 4.79 Å². The summed E-state index contributed by atoms with van der Waals surface area (Å²) in [6.07, 6.45) is 5.63. The van der Waals surface area contributed by atoms with Crippen LogP contribution in [0.5, 0.6) is 0 Å². The highest BCUT2D eigenvalue weighted by Gasteiger charge is 2.20. The molecule has 0 amide bonds. The first kappa shape index (κ1) is 9.88. The van der Waals surface area contributed by atoms with E-state index in [9.17, 15) is 9.59 Å². The highest BCUT2D eigenvalue weighted by atomic mass is 16.5. The molecule has 80 valence electrons. The van der Waals surface area contributed by atoms with E-state index < -0.39 is 11.2 Å². The molecule has 6 nitrogen and oxygen atoms in total. The molecule has 1 aromatic rings. The summed E-state index contributed by atoms with van der Waals surface area (Å²) in [4.78, 5) is 24.4. The van der Waals surface area contributed by atoms with Crippen LogP contribution in [0.25, 0.3) is 0 Å². The number of aromatic nitrogens is 2. The van der Waals surface area contributed by atoms with Crippen LogP contribution in [-0.2, 0) is 0 Å². The van der Waals surface area contributed by atoms with Gasteiger partial charge in [-0.2, -0.15) is 5.48 Å². The Morgan fingerprint density at radius 3 is 2.87 bits per heavy atom. The first-order valence-corrected chi connectivity index (χ1v) is 4.60. The molecule has 2 atom stereocenters. The Morgan fingerprint density at radius 1 is 1.47 bits per heavy atom. The van der Waals surface area contributed by atoms with Gasteiger partial charge < -0.3 is 5.21 Å². The van der Waals surface area contributed by atoms with E-state index in [4.69, 9.17) is 5.21 Å². The molecule has 0 radical (unpaired) electrons. The Kier molecular flexibility index (Phi) is 2.53. The second-order valence-corrected chi connectivity index (χ2v) is 3.44. The molecule has 0 saturated carbocycles. The lowest BCUT2D eigenvalue weighted by molar-refractivity contribution is 0.139. The van der Waals surface area contributed by atoms with Gasteiger partial charge in [0, 0.05) is 12.3 Å². The lowest BCUT2D eigenvalue weighted by Crippen LogP contribution is -2.32. The van der Waals surface area contributed by atoms with Crippen LogP contribution in [0.15, 0.2) is 34.0 Å². The fourth-order valence-electron chi connectivity index (χ4n) is 1.67. The van der Waals surface area contributed by atoms with Crippen LogP contribution >= 0.6 is 0 Å². The minimum Gasteiger partial charge on any atom is -0.316 e. The Morgan fingerprint density at radius 2 is 2.27 bits per heavy atom. The van der Waals surface area contributed by atoms with E-state index in [0.717, 1.165) is 0 Å². The zero-order valence-electron chi connectivity index (χ0n) is 7.88. The summed E-state index contributed by atoms with van der Waals surface area (Å²) in [5.41, 5.74) is 1.28. The summed E-state index contributed by atoms with van der Waals surface area (Å²) in [5.74, 6) is 0. The summed E-state index contributed by atoms with van der Waals surface area (Å²) in [7, 11) is 0. The zero-order chi connectivity index (χ0) is 10.8. The molecule has 1 aliphatic rings. The van der Waals surface area contributed by atoms with Gasteiger partial charge in [-0.05, 0) is 6.42 Å². The van der Waals surface area contributed by atoms with E-state index in [1.165, 1.54) is 16.8 Å². The van der Waals surface area contributed by atoms with Crippen molar-refractivity contribution in [2.45, 2.75) is 18.5 Å². The summed E-state index contributed by atoms with van der Waals surface area (Å²) >= 11 is 0. The van der Waals surface area contributed by atoms with Gasteiger partial charge in [0.25, 0.3) is 5.56 Å². The van der Waals surface area contributed by atoms with Crippen molar-refractivity contribution in [3.63, 3.8) is 0 Å². The van der Waals surface area contributed by atoms with Crippen molar-refractivity contribution in [1.82, 2.24) is 15.0 Å². The minimum absolute atomic E-state index is 0.126. The lowest BCUT2D eigenvalue weighted by atomic mass is 10.2. The predicted octanol–water partition coefficient (Wildman–Crippen LogP) is -0.615. The van der Waals surface area contributed by atoms with Crippen LogP contribution in [-0.4, -0.2) is 20.8 Å². The van der Waals surface area contributed by atoms with Crippen molar-refractivity contribution in [3.05, 3.63) is 45.3 Å². The SMILES string of the molecule is O=c1ccn([C@H]2C=C[C@@H](NO)C2)c(=O)[nH]1. The van der Waals surface area contributed by atoms with Crippen molar-refractivity contribution in [3.8, 4) is 0 Å². The Labute approximate surface area is 84.8 Å². The van der Waals surface area contributed by atoms with E-state index in [-0.39, 0.29) is 12.1 Å². The molecular formula is C9H11N3O3. The molecule has 15 heavy (non-hydrogen) atoms. The lowest BCUT2D eigenvalue weighted by Gasteiger charge is -2.12. The first-order valence-electron chi connectivity index (χ1n) is 4.60. The summed E-state index contributed by atoms with van der Waals surface area (Å²) in [5, 5.41) is 8.70. The van der Waals surface area contributed by atoms with Gasteiger partial charge in [0.15, 0.2) is 0 Å². The van der Waals surface area contributed by atoms with Crippen molar-refractivity contribution in [2.24, 2.45) is 0 Å². The fourth-order valence-corrected chi connectivity index (χ4v) is 1.67. The number of hydrogen-bond acceptors (Lipinski definition) is 4. The van der Waals surface area contributed by atoms with Crippen molar-refractivity contribution < 1.29 is 5.21 Å². The van der Waals surface area contributed by atoms with Gasteiger partial charge in [0.2, 0.25) is 0 Å². The molecule has 3 N–H and O–H groups in total. The number of aromatic amines is 1. The van der Waals surface area contributed by atoms with Gasteiger partial charge in [-0.15, -0.1) is 0 Å². The molecule has 0 aromatic carbocycles. The maximum Gasteiger partial charge on any atom is 0.328 e. The van der Waals surface area contributed by atoms with Crippen LogP contribution in [0.1, 0.15) is 12.5 Å². The third-order valence-electron chi connectivity index (χ3n) is 2.44. The summed E-state index contributed by atoms with van der Waals surface area (Å²) in [6, 6.07) is 1.03. The van der Waals surface area contributed by atoms with Crippen LogP contribution in [0.4, 0.5) is 0 Å². The van der Waals surface area contributed by atoms with E-state index >= 15 is 0 Å². The third kappa shape index (κ3) is 1.90. The Hall–Kier alpha value is -1.66. The van der Waals surface area contributed by atoms with Crippen LogP contribution in [0, 0.1) is 0 Å². The molecule has 0 spiro atoms. The van der Waals surface area contributed by atoms with Crippen LogP contribution in [0.2, 0.25) is 0 Å². The van der Waals surface area contributed by atoms with Crippen LogP contribution in [0.3, 0.4) is 0 Å². The quantitative estimate of drug-likeness (QED) is 0.447. The molecule has 2 rings (SSSR count). The smallest absolute Gasteiger partial charge is 0.316 e. The second kappa shape index (κ2) is 3.84. The van der Waals surface area contributed by atoms with Gasteiger partial charge in [0.05, 0.1) is 12.1 Å². The molecule has 1 aliphatic carbocycles. The third-order valence-corrected chi connectivity index (χ3v) is 2.44. The number of nitrogens with zero attached hydrogens (tertiary/aromatic N) is 1. The van der Waals surface area contributed by atoms with Crippen molar-refractivity contribution in [1.29, 1.82) is 0 Å². The van der Waals surface area contributed by atoms with E-state index in [1.807, 2.05) is 6.08 Å². The summed E-state index contributed by atoms with van der Waals surface area (Å²) < 4.78 is 1.43. The molecule has 0 bridgehead atoms. The molecule has 1 heterocycles. The van der Waals surface area contributed by atoms with E-state index in [1.54, 1.807) is 6.08 Å². The molecule has 1 aromatic heterocycles. The van der Waals surface area contributed by atoms with Gasteiger partial charge in [0.1, 0.15) is 0 Å². The van der Waals surface area contributed by atoms with Crippen LogP contribution < -0.4 is 16.7 Å². The molecular weight excluding hydrogens is 198 g/mol. The highest BCUT2D eigenvalue weighted by molar-refractivity contribution is 5.08. The molecule has 0 fully saturated rings. The van der Waals surface area contributed by atoms with E-state index in [0.29, 0.717) is 6.42 Å². The monoisotopic (exact) mass is 209 g/mol. The van der Waals surface area contributed by atoms with Crippen molar-refractivity contribution >= 4 is 0 Å². The Balaban J connectivity index is 2.29. The second-order valence-electron chi connectivity index (χ2n) is 3.44. The minimum atomic E-state index is -0.435. The normalized spacial score (nSPS) is 24.6. The number of rotatable bonds is 2. The average molecular weight is 209 g/mol. The largest absolute Gasteiger partial charge is 0.328 e. The van der Waals surface area contributed by atoms with Gasteiger partial charge in [-0.3, -0.25) is 14.3 Å². The van der Waals surface area contributed by atoms with Gasteiger partial charge in [-0.1, -0.05) is 12.2 Å². The number of hydrogen-bond donors (Lipinski definition) is 3. The predicted molar refractivity (Wildman–Crippen MR) is 52.8 cm³/mol. The average Bonchev–Trinajstić information content (AvgIpc) is 2.66. The Bertz CT molecular complexity index is 488. The number of allylic oxidation sites excluding steroid dienone is 1. The first-order chi connectivity index (χ1) is 7.20. The number of H-pyrrole nitrogens is 1. The maximum absolute atomic E-state index is 11.4. The molecule has 0 aliphatic heterocycles. The van der Waals surface area contributed by atoms with Crippen molar-refractivity contribution in [2.75, 3.05) is 0 Å². The maximum atomic E-state index is 11.4. The molecule has 0 unspecified atom stereocenters. The number of nitrogens with one attached hydrogen (secondary N) is 2. The zero-order valence-corrected chi connectivity index (χ0v) is 7.88. The molecule has 0 saturated heterocycles. The molecule has 6 heteroatoms. The summed E-state index contributed by atoms with van der Waals surface area (Å²) in [6.45, 7) is 0. The van der Waals surface area contributed by atoms with Gasteiger partial charge >= 0.3 is 5.69 Å². The standard InChI is InChI=1S/C9H11N3O3/c13-8-3-4-12(9(14)10-8)7-2-1-6(5-7)11-15/h1-4,6-7,11,15H,5H2,(H,10,13,14)/t6-,7+/m1/s1. The number of hydroxylamine groups is 1. The fraction of sp³-hybridized carbons (Fsp3) is 0.333.